The number of hydrogen-bond acceptors (Lipinski definition) is 4. The summed E-state index contributed by atoms with van der Waals surface area (Å²) in [4.78, 5) is 21.8. The molecule has 0 saturated carbocycles. The predicted octanol–water partition coefficient (Wildman–Crippen LogP) is 1.60. The van der Waals surface area contributed by atoms with Gasteiger partial charge in [-0.1, -0.05) is 19.9 Å². The molecule has 0 N–H and O–H groups in total. The molecule has 4 nitrogen and oxygen atoms in total. The van der Waals surface area contributed by atoms with Crippen molar-refractivity contribution in [2.24, 2.45) is 0 Å². The molecule has 0 saturated heterocycles. The van der Waals surface area contributed by atoms with Crippen LogP contribution >= 0.6 is 0 Å². The van der Waals surface area contributed by atoms with Gasteiger partial charge >= 0.3 is 11.9 Å². The summed E-state index contributed by atoms with van der Waals surface area (Å²) >= 11 is 0. The van der Waals surface area contributed by atoms with E-state index in [-0.39, 0.29) is 12.2 Å². The van der Waals surface area contributed by atoms with E-state index in [0.717, 1.165) is 12.8 Å². The largest absolute Gasteiger partial charge is 0.462 e. The molecular weight excluding hydrogens is 196 g/mol. The molecule has 0 aromatic carbocycles. The first-order valence-electron chi connectivity index (χ1n) is 4.81. The summed E-state index contributed by atoms with van der Waals surface area (Å²) in [6.07, 6.45) is 1.76. The van der Waals surface area contributed by atoms with Crippen LogP contribution in [-0.2, 0) is 19.1 Å². The van der Waals surface area contributed by atoms with Crippen LogP contribution in [0.25, 0.3) is 0 Å². The van der Waals surface area contributed by atoms with Gasteiger partial charge in [-0.25, -0.2) is 4.79 Å². The third-order valence-corrected chi connectivity index (χ3v) is 1.61. The van der Waals surface area contributed by atoms with Gasteiger partial charge in [-0.15, -0.1) is 5.73 Å². The molecule has 0 bridgehead atoms. The van der Waals surface area contributed by atoms with Gasteiger partial charge in [0.05, 0.1) is 6.61 Å². The van der Waals surface area contributed by atoms with E-state index in [2.05, 4.69) is 17.0 Å². The summed E-state index contributed by atoms with van der Waals surface area (Å²) in [5, 5.41) is 0. The second-order valence-corrected chi connectivity index (χ2v) is 2.93. The summed E-state index contributed by atoms with van der Waals surface area (Å²) in [5.41, 5.74) is 2.54. The average Bonchev–Trinajstić information content (AvgIpc) is 2.18. The summed E-state index contributed by atoms with van der Waals surface area (Å²) in [7, 11) is 0. The zero-order valence-electron chi connectivity index (χ0n) is 9.17. The number of unbranched alkanes of at least 4 members (excludes halogenated alkanes) is 1. The monoisotopic (exact) mass is 212 g/mol. The molecule has 0 atom stereocenters. The number of hydrogen-bond donors (Lipinski definition) is 0. The Morgan fingerprint density at radius 3 is 2.47 bits per heavy atom. The van der Waals surface area contributed by atoms with Gasteiger partial charge in [-0.05, 0) is 6.42 Å². The molecule has 0 aromatic heterocycles. The van der Waals surface area contributed by atoms with Crippen LogP contribution in [0.4, 0.5) is 0 Å². The van der Waals surface area contributed by atoms with Crippen LogP contribution in [0.3, 0.4) is 0 Å². The lowest BCUT2D eigenvalue weighted by atomic mass is 10.3. The predicted molar refractivity (Wildman–Crippen MR) is 55.2 cm³/mol. The molecule has 0 fully saturated rings. The fraction of sp³-hybridized carbons (Fsp3) is 0.545. The minimum Gasteiger partial charge on any atom is -0.462 e. The maximum absolute atomic E-state index is 11.3. The lowest BCUT2D eigenvalue weighted by molar-refractivity contribution is -0.143. The van der Waals surface area contributed by atoms with Crippen molar-refractivity contribution >= 4 is 11.9 Å². The first-order chi connectivity index (χ1) is 7.11. The van der Waals surface area contributed by atoms with Crippen LogP contribution in [0.1, 0.15) is 26.7 Å². The minimum absolute atomic E-state index is 0.135. The van der Waals surface area contributed by atoms with Gasteiger partial charge in [0.25, 0.3) is 0 Å². The van der Waals surface area contributed by atoms with Crippen molar-refractivity contribution in [2.45, 2.75) is 26.7 Å². The number of ether oxygens (including phenoxy) is 2. The van der Waals surface area contributed by atoms with E-state index in [9.17, 15) is 9.59 Å². The standard InChI is InChI=1S/C11H16O4/c1-4-6-7-14-11(13)10(5-2)8-15-9(3)12/h2,4,6-8H2,1,3H3. The van der Waals surface area contributed by atoms with Crippen LogP contribution in [0.5, 0.6) is 0 Å². The molecule has 15 heavy (non-hydrogen) atoms. The zero-order chi connectivity index (χ0) is 11.7. The summed E-state index contributed by atoms with van der Waals surface area (Å²) in [6.45, 7) is 6.82. The quantitative estimate of drug-likeness (QED) is 0.290. The SMILES string of the molecule is C=C=C(COC(C)=O)C(=O)OCCCC. The number of carbonyl (C=O) groups excluding carboxylic acids is 2. The molecule has 0 spiro atoms. The summed E-state index contributed by atoms with van der Waals surface area (Å²) < 4.78 is 9.54. The topological polar surface area (TPSA) is 52.6 Å². The molecule has 0 radical (unpaired) electrons. The Labute approximate surface area is 89.6 Å². The van der Waals surface area contributed by atoms with Gasteiger partial charge in [-0.2, -0.15) is 0 Å². The Morgan fingerprint density at radius 1 is 1.33 bits per heavy atom. The third kappa shape index (κ3) is 6.52. The van der Waals surface area contributed by atoms with Crippen LogP contribution < -0.4 is 0 Å². The van der Waals surface area contributed by atoms with E-state index < -0.39 is 11.9 Å². The Kier molecular flexibility index (Phi) is 7.02. The average molecular weight is 212 g/mol. The van der Waals surface area contributed by atoms with Gasteiger partial charge in [0.15, 0.2) is 0 Å². The third-order valence-electron chi connectivity index (χ3n) is 1.61. The molecule has 84 valence electrons. The van der Waals surface area contributed by atoms with E-state index >= 15 is 0 Å². The fourth-order valence-corrected chi connectivity index (χ4v) is 0.752. The molecule has 0 aliphatic rings. The molecule has 0 rings (SSSR count). The van der Waals surface area contributed by atoms with Crippen LogP contribution in [-0.4, -0.2) is 25.2 Å². The number of carbonyl (C=O) groups is 2. The molecule has 0 aliphatic carbocycles. The first kappa shape index (κ1) is 13.5. The maximum Gasteiger partial charge on any atom is 0.345 e. The Bertz CT molecular complexity index is 274. The van der Waals surface area contributed by atoms with Gasteiger partial charge in [0.2, 0.25) is 0 Å². The molecule has 0 unspecified atom stereocenters. The smallest absolute Gasteiger partial charge is 0.345 e. The number of rotatable bonds is 6. The highest BCUT2D eigenvalue weighted by molar-refractivity contribution is 5.88. The molecule has 0 amide bonds. The first-order valence-corrected chi connectivity index (χ1v) is 4.81. The van der Waals surface area contributed by atoms with E-state index in [1.165, 1.54) is 6.92 Å². The molecular formula is C11H16O4. The van der Waals surface area contributed by atoms with Crippen molar-refractivity contribution < 1.29 is 19.1 Å². The second kappa shape index (κ2) is 7.83. The summed E-state index contributed by atoms with van der Waals surface area (Å²) in [6, 6.07) is 0. The van der Waals surface area contributed by atoms with Crippen molar-refractivity contribution in [3.63, 3.8) is 0 Å². The lowest BCUT2D eigenvalue weighted by Crippen LogP contribution is -2.14. The van der Waals surface area contributed by atoms with E-state index in [1.54, 1.807) is 0 Å². The van der Waals surface area contributed by atoms with E-state index in [4.69, 9.17) is 4.74 Å². The Balaban J connectivity index is 4.01. The highest BCUT2D eigenvalue weighted by Gasteiger charge is 2.11. The van der Waals surface area contributed by atoms with Crippen molar-refractivity contribution in [2.75, 3.05) is 13.2 Å². The normalized spacial score (nSPS) is 8.93. The van der Waals surface area contributed by atoms with Crippen molar-refractivity contribution in [3.8, 4) is 0 Å². The highest BCUT2D eigenvalue weighted by atomic mass is 16.5. The molecule has 0 aromatic rings. The molecule has 0 heterocycles. The van der Waals surface area contributed by atoms with Crippen molar-refractivity contribution in [1.29, 1.82) is 0 Å². The molecule has 0 aliphatic heterocycles. The fourth-order valence-electron chi connectivity index (χ4n) is 0.752. The zero-order valence-corrected chi connectivity index (χ0v) is 9.17. The van der Waals surface area contributed by atoms with Crippen molar-refractivity contribution in [1.82, 2.24) is 0 Å². The Morgan fingerprint density at radius 2 is 2.00 bits per heavy atom. The molecule has 4 heteroatoms. The van der Waals surface area contributed by atoms with Crippen LogP contribution in [0, 0.1) is 0 Å². The van der Waals surface area contributed by atoms with Gasteiger partial charge in [-0.3, -0.25) is 4.79 Å². The highest BCUT2D eigenvalue weighted by Crippen LogP contribution is 1.99. The van der Waals surface area contributed by atoms with Crippen LogP contribution in [0.2, 0.25) is 0 Å². The van der Waals surface area contributed by atoms with E-state index in [0.29, 0.717) is 6.61 Å². The maximum atomic E-state index is 11.3. The second-order valence-electron chi connectivity index (χ2n) is 2.93. The lowest BCUT2D eigenvalue weighted by Gasteiger charge is -2.05. The van der Waals surface area contributed by atoms with Crippen LogP contribution in [0.15, 0.2) is 17.9 Å². The van der Waals surface area contributed by atoms with E-state index in [1.807, 2.05) is 6.92 Å². The van der Waals surface area contributed by atoms with Crippen molar-refractivity contribution in [3.05, 3.63) is 17.9 Å². The Hall–Kier alpha value is -1.54. The van der Waals surface area contributed by atoms with Gasteiger partial charge < -0.3 is 9.47 Å². The minimum atomic E-state index is -0.528. The van der Waals surface area contributed by atoms with Gasteiger partial charge in [0.1, 0.15) is 12.2 Å². The summed E-state index contributed by atoms with van der Waals surface area (Å²) in [5.74, 6) is -0.983. The van der Waals surface area contributed by atoms with Gasteiger partial charge in [0, 0.05) is 6.92 Å². The number of esters is 2.